The smallest absolute Gasteiger partial charge is 0.225 e. The van der Waals surface area contributed by atoms with Crippen molar-refractivity contribution in [2.24, 2.45) is 0 Å². The van der Waals surface area contributed by atoms with Gasteiger partial charge in [0, 0.05) is 45.2 Å². The molecule has 0 aliphatic heterocycles. The van der Waals surface area contributed by atoms with E-state index >= 15 is 0 Å². The number of hydrogen-bond acceptors (Lipinski definition) is 6. The zero-order valence-electron chi connectivity index (χ0n) is 18.7. The molecule has 0 spiro atoms. The number of nitrogens with zero attached hydrogens (tertiary/aromatic N) is 3. The molecule has 2 aromatic carbocycles. The van der Waals surface area contributed by atoms with Crippen molar-refractivity contribution in [2.75, 3.05) is 38.0 Å². The van der Waals surface area contributed by atoms with E-state index in [4.69, 9.17) is 14.7 Å². The lowest BCUT2D eigenvalue weighted by Gasteiger charge is -2.31. The fraction of sp³-hybridized carbons (Fsp3) is 0.440. The van der Waals surface area contributed by atoms with Crippen molar-refractivity contribution in [3.63, 3.8) is 0 Å². The first-order chi connectivity index (χ1) is 15.1. The first-order valence-electron chi connectivity index (χ1n) is 11.2. The number of nitrogens with one attached hydrogen (secondary N) is 2. The number of hydrogen-bond donors (Lipinski definition) is 2. The highest BCUT2D eigenvalue weighted by Crippen LogP contribution is 2.26. The molecule has 1 heterocycles. The van der Waals surface area contributed by atoms with Crippen LogP contribution in [-0.4, -0.2) is 49.8 Å². The van der Waals surface area contributed by atoms with Gasteiger partial charge in [-0.25, -0.2) is 4.98 Å². The van der Waals surface area contributed by atoms with Crippen molar-refractivity contribution in [2.45, 2.75) is 43.9 Å². The van der Waals surface area contributed by atoms with Crippen molar-refractivity contribution in [1.29, 1.82) is 0 Å². The number of anilines is 2. The summed E-state index contributed by atoms with van der Waals surface area (Å²) in [5.41, 5.74) is 2.20. The Kier molecular flexibility index (Phi) is 6.99. The average molecular weight is 420 g/mol. The molecule has 4 rings (SSSR count). The van der Waals surface area contributed by atoms with Crippen LogP contribution in [0.5, 0.6) is 0 Å². The largest absolute Gasteiger partial charge is 0.375 e. The van der Waals surface area contributed by atoms with Crippen LogP contribution in [0.15, 0.2) is 54.6 Å². The topological polar surface area (TPSA) is 62.3 Å². The second kappa shape index (κ2) is 10.1. The lowest BCUT2D eigenvalue weighted by molar-refractivity contribution is 0.0974. The van der Waals surface area contributed by atoms with Gasteiger partial charge in [0.15, 0.2) is 0 Å². The van der Waals surface area contributed by atoms with Crippen LogP contribution >= 0.6 is 0 Å². The minimum atomic E-state index is 0.0903. The fourth-order valence-electron chi connectivity index (χ4n) is 4.37. The zero-order valence-corrected chi connectivity index (χ0v) is 18.7. The number of ether oxygens (including phenoxy) is 1. The third kappa shape index (κ3) is 5.32. The molecule has 0 amide bonds. The molecule has 1 atom stereocenters. The third-order valence-corrected chi connectivity index (χ3v) is 6.11. The predicted molar refractivity (Wildman–Crippen MR) is 128 cm³/mol. The molecule has 0 bridgehead atoms. The average Bonchev–Trinajstić information content (AvgIpc) is 2.80. The number of methoxy groups -OCH3 is 1. The molecule has 0 unspecified atom stereocenters. The monoisotopic (exact) mass is 419 g/mol. The van der Waals surface area contributed by atoms with Crippen LogP contribution in [0, 0.1) is 0 Å². The van der Waals surface area contributed by atoms with Crippen LogP contribution in [0.4, 0.5) is 11.8 Å². The molecular weight excluding hydrogens is 386 g/mol. The van der Waals surface area contributed by atoms with Crippen molar-refractivity contribution in [1.82, 2.24) is 15.3 Å². The molecule has 1 aromatic heterocycles. The zero-order chi connectivity index (χ0) is 21.6. The molecule has 31 heavy (non-hydrogen) atoms. The van der Waals surface area contributed by atoms with E-state index in [0.717, 1.165) is 54.9 Å². The summed E-state index contributed by atoms with van der Waals surface area (Å²) in [7, 11) is 5.84. The molecule has 1 saturated carbocycles. The van der Waals surface area contributed by atoms with Gasteiger partial charge in [-0.05, 0) is 43.4 Å². The lowest BCUT2D eigenvalue weighted by atomic mass is 9.91. The molecular formula is C25H33N5O. The minimum absolute atomic E-state index is 0.0903. The maximum absolute atomic E-state index is 5.70. The van der Waals surface area contributed by atoms with E-state index in [1.165, 1.54) is 5.56 Å². The SMILES string of the molecule is CO[C@@H](CN[C@H]1CC[C@@H](Nc2nc(N(C)C)c3ccccc3n2)CC1)c1ccccc1. The summed E-state index contributed by atoms with van der Waals surface area (Å²) in [6, 6.07) is 19.5. The van der Waals surface area contributed by atoms with Gasteiger partial charge in [-0.3, -0.25) is 0 Å². The summed E-state index contributed by atoms with van der Waals surface area (Å²) in [5, 5.41) is 8.38. The highest BCUT2D eigenvalue weighted by atomic mass is 16.5. The van der Waals surface area contributed by atoms with Gasteiger partial charge >= 0.3 is 0 Å². The van der Waals surface area contributed by atoms with E-state index < -0.39 is 0 Å². The highest BCUT2D eigenvalue weighted by molar-refractivity contribution is 5.90. The second-order valence-electron chi connectivity index (χ2n) is 8.52. The van der Waals surface area contributed by atoms with Gasteiger partial charge in [0.1, 0.15) is 5.82 Å². The summed E-state index contributed by atoms with van der Waals surface area (Å²) >= 11 is 0. The molecule has 1 aliphatic carbocycles. The maximum atomic E-state index is 5.70. The van der Waals surface area contributed by atoms with E-state index in [-0.39, 0.29) is 6.10 Å². The molecule has 6 nitrogen and oxygen atoms in total. The standard InChI is InChI=1S/C25H33N5O/c1-30(2)24-21-11-7-8-12-22(21)28-25(29-24)27-20-15-13-19(14-16-20)26-17-23(31-3)18-9-5-4-6-10-18/h4-12,19-20,23,26H,13-17H2,1-3H3,(H,27,28,29)/t19-,20+,23-/m0/s1. The first kappa shape index (κ1) is 21.5. The van der Waals surface area contributed by atoms with Gasteiger partial charge in [-0.2, -0.15) is 4.98 Å². The summed E-state index contributed by atoms with van der Waals surface area (Å²) in [6.45, 7) is 0.837. The fourth-order valence-corrected chi connectivity index (χ4v) is 4.37. The lowest BCUT2D eigenvalue weighted by Crippen LogP contribution is -2.39. The Morgan fingerprint density at radius 1 is 0.935 bits per heavy atom. The predicted octanol–water partition coefficient (Wildman–Crippen LogP) is 4.40. The number of benzene rings is 2. The van der Waals surface area contributed by atoms with Crippen molar-refractivity contribution >= 4 is 22.7 Å². The summed E-state index contributed by atoms with van der Waals surface area (Å²) in [5.74, 6) is 1.68. The normalized spacial score (nSPS) is 19.8. The first-order valence-corrected chi connectivity index (χ1v) is 11.2. The van der Waals surface area contributed by atoms with Crippen LogP contribution in [0.1, 0.15) is 37.4 Å². The van der Waals surface area contributed by atoms with Gasteiger partial charge in [0.05, 0.1) is 11.6 Å². The highest BCUT2D eigenvalue weighted by Gasteiger charge is 2.23. The number of fused-ring (bicyclic) bond motifs is 1. The van der Waals surface area contributed by atoms with Crippen molar-refractivity contribution in [3.8, 4) is 0 Å². The van der Waals surface area contributed by atoms with Gasteiger partial charge in [0.25, 0.3) is 0 Å². The van der Waals surface area contributed by atoms with E-state index in [0.29, 0.717) is 12.1 Å². The Balaban J connectivity index is 1.32. The Labute approximate surface area is 185 Å². The quantitative estimate of drug-likeness (QED) is 0.564. The number of rotatable bonds is 8. The molecule has 0 saturated heterocycles. The van der Waals surface area contributed by atoms with Gasteiger partial charge in [-0.15, -0.1) is 0 Å². The second-order valence-corrected chi connectivity index (χ2v) is 8.52. The van der Waals surface area contributed by atoms with E-state index in [9.17, 15) is 0 Å². The summed E-state index contributed by atoms with van der Waals surface area (Å²) in [4.78, 5) is 11.6. The van der Waals surface area contributed by atoms with E-state index in [1.54, 1.807) is 7.11 Å². The molecule has 164 valence electrons. The van der Waals surface area contributed by atoms with E-state index in [1.807, 2.05) is 32.3 Å². The molecule has 0 radical (unpaired) electrons. The molecule has 6 heteroatoms. The minimum Gasteiger partial charge on any atom is -0.375 e. The Morgan fingerprint density at radius 3 is 2.32 bits per heavy atom. The van der Waals surface area contributed by atoms with Crippen LogP contribution < -0.4 is 15.5 Å². The van der Waals surface area contributed by atoms with Crippen LogP contribution in [-0.2, 0) is 4.74 Å². The summed E-state index contributed by atoms with van der Waals surface area (Å²) in [6.07, 6.45) is 4.57. The van der Waals surface area contributed by atoms with Crippen LogP contribution in [0.3, 0.4) is 0 Å². The van der Waals surface area contributed by atoms with Crippen LogP contribution in [0.2, 0.25) is 0 Å². The molecule has 2 N–H and O–H groups in total. The maximum Gasteiger partial charge on any atom is 0.225 e. The molecule has 1 fully saturated rings. The Hall–Kier alpha value is -2.70. The third-order valence-electron chi connectivity index (χ3n) is 6.11. The van der Waals surface area contributed by atoms with Gasteiger partial charge < -0.3 is 20.3 Å². The number of aromatic nitrogens is 2. The van der Waals surface area contributed by atoms with Crippen molar-refractivity contribution < 1.29 is 4.74 Å². The van der Waals surface area contributed by atoms with Gasteiger partial charge in [0.2, 0.25) is 5.95 Å². The molecule has 3 aromatic rings. The number of para-hydroxylation sites is 1. The van der Waals surface area contributed by atoms with Crippen LogP contribution in [0.25, 0.3) is 10.9 Å². The Bertz CT molecular complexity index is 970. The molecule has 1 aliphatic rings. The van der Waals surface area contributed by atoms with E-state index in [2.05, 4.69) is 51.9 Å². The summed E-state index contributed by atoms with van der Waals surface area (Å²) < 4.78 is 5.70. The van der Waals surface area contributed by atoms with Gasteiger partial charge in [-0.1, -0.05) is 42.5 Å². The van der Waals surface area contributed by atoms with Crippen molar-refractivity contribution in [3.05, 3.63) is 60.2 Å². The Morgan fingerprint density at radius 2 is 1.61 bits per heavy atom.